The molecule has 3 rings (SSSR count). The van der Waals surface area contributed by atoms with Crippen LogP contribution >= 0.6 is 11.6 Å². The molecule has 1 amide bonds. The first kappa shape index (κ1) is 17.8. The summed E-state index contributed by atoms with van der Waals surface area (Å²) in [6.07, 6.45) is 0. The molecule has 0 unspecified atom stereocenters. The minimum Gasteiger partial charge on any atom is -0.465 e. The lowest BCUT2D eigenvalue weighted by Crippen LogP contribution is -2.14. The van der Waals surface area contributed by atoms with Crippen molar-refractivity contribution in [2.45, 2.75) is 6.92 Å². The lowest BCUT2D eigenvalue weighted by Gasteiger charge is -2.08. The lowest BCUT2D eigenvalue weighted by molar-refractivity contribution is 0.0602. The van der Waals surface area contributed by atoms with E-state index >= 15 is 0 Å². The summed E-state index contributed by atoms with van der Waals surface area (Å²) in [6, 6.07) is 15.4. The van der Waals surface area contributed by atoms with Gasteiger partial charge in [0.15, 0.2) is 5.76 Å². The van der Waals surface area contributed by atoms with Crippen LogP contribution in [0, 0.1) is 6.92 Å². The van der Waals surface area contributed by atoms with Crippen LogP contribution in [0.4, 0.5) is 5.69 Å². The maximum Gasteiger partial charge on any atom is 0.339 e. The van der Waals surface area contributed by atoms with Gasteiger partial charge in [0.25, 0.3) is 5.91 Å². The highest BCUT2D eigenvalue weighted by molar-refractivity contribution is 6.31. The first-order chi connectivity index (χ1) is 12.5. The van der Waals surface area contributed by atoms with Gasteiger partial charge >= 0.3 is 5.97 Å². The van der Waals surface area contributed by atoms with Crippen molar-refractivity contribution >= 4 is 29.2 Å². The second-order valence-corrected chi connectivity index (χ2v) is 6.03. The van der Waals surface area contributed by atoms with E-state index in [1.807, 2.05) is 19.1 Å². The number of furan rings is 1. The molecular weight excluding hydrogens is 354 g/mol. The smallest absolute Gasteiger partial charge is 0.339 e. The second-order valence-electron chi connectivity index (χ2n) is 5.62. The van der Waals surface area contributed by atoms with Gasteiger partial charge in [-0.2, -0.15) is 0 Å². The summed E-state index contributed by atoms with van der Waals surface area (Å²) in [5.41, 5.74) is 2.34. The fourth-order valence-electron chi connectivity index (χ4n) is 2.43. The number of aryl methyl sites for hydroxylation is 1. The van der Waals surface area contributed by atoms with Crippen LogP contribution in [-0.4, -0.2) is 19.0 Å². The predicted octanol–water partition coefficient (Wildman–Crippen LogP) is 4.95. The number of anilines is 1. The number of benzene rings is 2. The van der Waals surface area contributed by atoms with Crippen LogP contribution in [0.25, 0.3) is 11.3 Å². The number of hydrogen-bond donors (Lipinski definition) is 1. The van der Waals surface area contributed by atoms with Crippen molar-refractivity contribution in [3.8, 4) is 11.3 Å². The van der Waals surface area contributed by atoms with E-state index in [4.69, 9.17) is 20.8 Å². The molecule has 0 saturated heterocycles. The molecule has 1 N–H and O–H groups in total. The van der Waals surface area contributed by atoms with Gasteiger partial charge in [-0.15, -0.1) is 0 Å². The van der Waals surface area contributed by atoms with Crippen LogP contribution in [0.1, 0.15) is 26.5 Å². The Morgan fingerprint density at radius 1 is 1.08 bits per heavy atom. The van der Waals surface area contributed by atoms with Gasteiger partial charge in [0.1, 0.15) is 5.76 Å². The minimum atomic E-state index is -0.532. The van der Waals surface area contributed by atoms with Gasteiger partial charge in [-0.1, -0.05) is 35.9 Å². The quantitative estimate of drug-likeness (QED) is 0.661. The number of ether oxygens (including phenoxy) is 1. The van der Waals surface area contributed by atoms with Gasteiger partial charge in [0, 0.05) is 10.6 Å². The molecular formula is C20H16ClNO4. The number of halogens is 1. The summed E-state index contributed by atoms with van der Waals surface area (Å²) < 4.78 is 10.4. The van der Waals surface area contributed by atoms with Gasteiger partial charge in [0.05, 0.1) is 18.4 Å². The van der Waals surface area contributed by atoms with Gasteiger partial charge in [-0.05, 0) is 42.8 Å². The SMILES string of the molecule is COC(=O)c1ccccc1NC(=O)c1ccc(-c2ccc(C)c(Cl)c2)o1. The number of carbonyl (C=O) groups is 2. The molecule has 0 spiro atoms. The largest absolute Gasteiger partial charge is 0.465 e. The first-order valence-electron chi connectivity index (χ1n) is 7.84. The van der Waals surface area contributed by atoms with Gasteiger partial charge in [0.2, 0.25) is 0 Å². The third kappa shape index (κ3) is 3.63. The lowest BCUT2D eigenvalue weighted by atomic mass is 10.1. The van der Waals surface area contributed by atoms with E-state index in [-0.39, 0.29) is 11.3 Å². The Labute approximate surface area is 155 Å². The molecule has 26 heavy (non-hydrogen) atoms. The van der Waals surface area contributed by atoms with E-state index in [0.717, 1.165) is 11.1 Å². The standard InChI is InChI=1S/C20H16ClNO4/c1-12-7-8-13(11-15(12)21)17-9-10-18(26-17)19(23)22-16-6-4-3-5-14(16)20(24)25-2/h3-11H,1-2H3,(H,22,23). The molecule has 0 bridgehead atoms. The van der Waals surface area contributed by atoms with Crippen LogP contribution in [0.2, 0.25) is 5.02 Å². The highest BCUT2D eigenvalue weighted by atomic mass is 35.5. The van der Waals surface area contributed by atoms with E-state index in [1.54, 1.807) is 42.5 Å². The molecule has 6 heteroatoms. The molecule has 2 aromatic carbocycles. The summed E-state index contributed by atoms with van der Waals surface area (Å²) in [5.74, 6) is -0.351. The van der Waals surface area contributed by atoms with Crippen molar-refractivity contribution in [3.63, 3.8) is 0 Å². The summed E-state index contributed by atoms with van der Waals surface area (Å²) in [7, 11) is 1.28. The van der Waals surface area contributed by atoms with E-state index in [1.165, 1.54) is 7.11 Å². The molecule has 1 heterocycles. The number of amides is 1. The van der Waals surface area contributed by atoms with E-state index in [9.17, 15) is 9.59 Å². The monoisotopic (exact) mass is 369 g/mol. The Hall–Kier alpha value is -3.05. The zero-order chi connectivity index (χ0) is 18.7. The zero-order valence-electron chi connectivity index (χ0n) is 14.2. The molecule has 0 fully saturated rings. The number of hydrogen-bond acceptors (Lipinski definition) is 4. The van der Waals surface area contributed by atoms with Crippen molar-refractivity contribution in [1.82, 2.24) is 0 Å². The van der Waals surface area contributed by atoms with E-state index in [2.05, 4.69) is 5.32 Å². The average Bonchev–Trinajstić information content (AvgIpc) is 3.14. The highest BCUT2D eigenvalue weighted by Crippen LogP contribution is 2.27. The van der Waals surface area contributed by atoms with Crippen molar-refractivity contribution < 1.29 is 18.7 Å². The number of carbonyl (C=O) groups excluding carboxylic acids is 2. The fraction of sp³-hybridized carbons (Fsp3) is 0.100. The van der Waals surface area contributed by atoms with Crippen LogP contribution in [0.5, 0.6) is 0 Å². The van der Waals surface area contributed by atoms with Gasteiger partial charge < -0.3 is 14.5 Å². The summed E-state index contributed by atoms with van der Waals surface area (Å²) >= 11 is 6.14. The van der Waals surface area contributed by atoms with E-state index in [0.29, 0.717) is 16.5 Å². The Bertz CT molecular complexity index is 977. The topological polar surface area (TPSA) is 68.5 Å². The maximum atomic E-state index is 12.5. The zero-order valence-corrected chi connectivity index (χ0v) is 15.0. The number of methoxy groups -OCH3 is 1. The number of rotatable bonds is 4. The average molecular weight is 370 g/mol. The Morgan fingerprint density at radius 3 is 2.58 bits per heavy atom. The van der Waals surface area contributed by atoms with Gasteiger partial charge in [-0.25, -0.2) is 4.79 Å². The summed E-state index contributed by atoms with van der Waals surface area (Å²) in [4.78, 5) is 24.3. The molecule has 5 nitrogen and oxygen atoms in total. The Kier molecular flexibility index (Phi) is 5.09. The molecule has 3 aromatic rings. The number of esters is 1. The normalized spacial score (nSPS) is 10.4. The summed E-state index contributed by atoms with van der Waals surface area (Å²) in [6.45, 7) is 1.91. The minimum absolute atomic E-state index is 0.122. The van der Waals surface area contributed by atoms with Crippen LogP contribution in [-0.2, 0) is 4.74 Å². The third-order valence-electron chi connectivity index (χ3n) is 3.87. The first-order valence-corrected chi connectivity index (χ1v) is 8.22. The summed E-state index contributed by atoms with van der Waals surface area (Å²) in [5, 5.41) is 3.29. The van der Waals surface area contributed by atoms with Gasteiger partial charge in [-0.3, -0.25) is 4.79 Å². The fourth-order valence-corrected chi connectivity index (χ4v) is 2.61. The van der Waals surface area contributed by atoms with Crippen molar-refractivity contribution in [2.24, 2.45) is 0 Å². The maximum absolute atomic E-state index is 12.5. The van der Waals surface area contributed by atoms with Crippen LogP contribution in [0.15, 0.2) is 59.0 Å². The number of nitrogens with one attached hydrogen (secondary N) is 1. The van der Waals surface area contributed by atoms with E-state index < -0.39 is 11.9 Å². The molecule has 1 aromatic heterocycles. The molecule has 0 saturated carbocycles. The molecule has 0 aliphatic heterocycles. The highest BCUT2D eigenvalue weighted by Gasteiger charge is 2.17. The number of para-hydroxylation sites is 1. The van der Waals surface area contributed by atoms with Crippen LogP contribution < -0.4 is 5.32 Å². The Morgan fingerprint density at radius 2 is 1.85 bits per heavy atom. The molecule has 132 valence electrons. The van der Waals surface area contributed by atoms with Crippen molar-refractivity contribution in [2.75, 3.05) is 12.4 Å². The molecule has 0 aliphatic rings. The van der Waals surface area contributed by atoms with Crippen molar-refractivity contribution in [1.29, 1.82) is 0 Å². The predicted molar refractivity (Wildman–Crippen MR) is 99.6 cm³/mol. The second kappa shape index (κ2) is 7.45. The molecule has 0 radical (unpaired) electrons. The van der Waals surface area contributed by atoms with Crippen molar-refractivity contribution in [3.05, 3.63) is 76.5 Å². The molecule has 0 aliphatic carbocycles. The molecule has 0 atom stereocenters. The Balaban J connectivity index is 1.83. The third-order valence-corrected chi connectivity index (χ3v) is 4.27. The van der Waals surface area contributed by atoms with Crippen LogP contribution in [0.3, 0.4) is 0 Å².